The monoisotopic (exact) mass is 251 g/mol. The van der Waals surface area contributed by atoms with Crippen molar-refractivity contribution in [3.8, 4) is 6.07 Å². The molecule has 1 aliphatic heterocycles. The number of nitrogens with two attached hydrogens (primary N) is 1. The predicted molar refractivity (Wildman–Crippen MR) is 70.0 cm³/mol. The molecule has 0 aromatic carbocycles. The zero-order valence-corrected chi connectivity index (χ0v) is 10.8. The summed E-state index contributed by atoms with van der Waals surface area (Å²) in [4.78, 5) is 2.43. The van der Waals surface area contributed by atoms with Gasteiger partial charge in [-0.2, -0.15) is 9.64 Å². The van der Waals surface area contributed by atoms with Gasteiger partial charge in [0.2, 0.25) is 0 Å². The fourth-order valence-corrected chi connectivity index (χ4v) is 2.83. The molecular formula is C11H17N5S. The average molecular weight is 251 g/mol. The smallest absolute Gasteiger partial charge is 0.157 e. The minimum atomic E-state index is 0.339. The lowest BCUT2D eigenvalue weighted by Crippen LogP contribution is -2.38. The SMILES string of the molecule is CCN1CCC(Nc2snc(N)c2C#N)CC1. The number of nitrogen functional groups attached to an aromatic ring is 1. The zero-order valence-electron chi connectivity index (χ0n) is 9.94. The molecule has 5 nitrogen and oxygen atoms in total. The molecule has 1 fully saturated rings. The third kappa shape index (κ3) is 2.68. The zero-order chi connectivity index (χ0) is 12.3. The second kappa shape index (κ2) is 5.34. The largest absolute Gasteiger partial charge is 0.382 e. The number of likely N-dealkylation sites (tertiary alicyclic amines) is 1. The van der Waals surface area contributed by atoms with Crippen LogP contribution in [-0.4, -0.2) is 34.9 Å². The van der Waals surface area contributed by atoms with Gasteiger partial charge in [0.25, 0.3) is 0 Å². The molecule has 0 amide bonds. The molecule has 0 radical (unpaired) electrons. The van der Waals surface area contributed by atoms with Crippen LogP contribution in [0.3, 0.4) is 0 Å². The second-order valence-electron chi connectivity index (χ2n) is 4.24. The van der Waals surface area contributed by atoms with Gasteiger partial charge in [-0.3, -0.25) is 0 Å². The summed E-state index contributed by atoms with van der Waals surface area (Å²) >= 11 is 1.28. The molecule has 2 heterocycles. The molecule has 0 aliphatic carbocycles. The highest BCUT2D eigenvalue weighted by atomic mass is 32.1. The Morgan fingerprint density at radius 1 is 1.59 bits per heavy atom. The number of hydrogen-bond acceptors (Lipinski definition) is 6. The van der Waals surface area contributed by atoms with Crippen molar-refractivity contribution in [1.82, 2.24) is 9.27 Å². The van der Waals surface area contributed by atoms with Crippen molar-refractivity contribution in [2.75, 3.05) is 30.7 Å². The minimum absolute atomic E-state index is 0.339. The number of aromatic nitrogens is 1. The van der Waals surface area contributed by atoms with Gasteiger partial charge in [-0.25, -0.2) is 0 Å². The fourth-order valence-electron chi connectivity index (χ4n) is 2.09. The third-order valence-corrected chi connectivity index (χ3v) is 3.99. The topological polar surface area (TPSA) is 78.0 Å². The summed E-state index contributed by atoms with van der Waals surface area (Å²) in [6.45, 7) is 5.53. The van der Waals surface area contributed by atoms with Crippen molar-refractivity contribution < 1.29 is 0 Å². The maximum Gasteiger partial charge on any atom is 0.157 e. The van der Waals surface area contributed by atoms with E-state index in [-0.39, 0.29) is 0 Å². The molecule has 92 valence electrons. The first-order valence-corrected chi connectivity index (χ1v) is 6.66. The maximum absolute atomic E-state index is 8.99. The molecule has 3 N–H and O–H groups in total. The van der Waals surface area contributed by atoms with E-state index in [1.165, 1.54) is 11.5 Å². The van der Waals surface area contributed by atoms with E-state index >= 15 is 0 Å². The van der Waals surface area contributed by atoms with Crippen molar-refractivity contribution in [3.63, 3.8) is 0 Å². The first-order chi connectivity index (χ1) is 8.24. The first-order valence-electron chi connectivity index (χ1n) is 5.88. The molecular weight excluding hydrogens is 234 g/mol. The molecule has 1 saturated heterocycles. The third-order valence-electron chi connectivity index (χ3n) is 3.20. The van der Waals surface area contributed by atoms with Crippen LogP contribution < -0.4 is 11.1 Å². The van der Waals surface area contributed by atoms with Gasteiger partial charge in [-0.1, -0.05) is 6.92 Å². The van der Waals surface area contributed by atoms with E-state index in [0.29, 0.717) is 17.4 Å². The molecule has 1 aromatic rings. The molecule has 1 aromatic heterocycles. The van der Waals surface area contributed by atoms with Crippen LogP contribution in [0.2, 0.25) is 0 Å². The molecule has 0 unspecified atom stereocenters. The quantitative estimate of drug-likeness (QED) is 0.851. The van der Waals surface area contributed by atoms with E-state index < -0.39 is 0 Å². The maximum atomic E-state index is 8.99. The van der Waals surface area contributed by atoms with Gasteiger partial charge < -0.3 is 16.0 Å². The van der Waals surface area contributed by atoms with Crippen LogP contribution in [-0.2, 0) is 0 Å². The van der Waals surface area contributed by atoms with Gasteiger partial charge in [0.15, 0.2) is 5.82 Å². The summed E-state index contributed by atoms with van der Waals surface area (Å²) in [5, 5.41) is 13.2. The van der Waals surface area contributed by atoms with Crippen LogP contribution in [0, 0.1) is 11.3 Å². The molecule has 0 bridgehead atoms. The van der Waals surface area contributed by atoms with Crippen molar-refractivity contribution in [1.29, 1.82) is 5.26 Å². The Kier molecular flexibility index (Phi) is 3.82. The Morgan fingerprint density at radius 2 is 2.29 bits per heavy atom. The first kappa shape index (κ1) is 12.1. The van der Waals surface area contributed by atoms with E-state index in [9.17, 15) is 0 Å². The van der Waals surface area contributed by atoms with Gasteiger partial charge in [0.1, 0.15) is 16.6 Å². The summed E-state index contributed by atoms with van der Waals surface area (Å²) < 4.78 is 4.01. The number of hydrogen-bond donors (Lipinski definition) is 2. The van der Waals surface area contributed by atoms with Crippen molar-refractivity contribution >= 4 is 22.4 Å². The van der Waals surface area contributed by atoms with Crippen LogP contribution in [0.1, 0.15) is 25.3 Å². The number of anilines is 2. The second-order valence-corrected chi connectivity index (χ2v) is 5.01. The van der Waals surface area contributed by atoms with Gasteiger partial charge in [-0.15, -0.1) is 0 Å². The number of nitrogens with one attached hydrogen (secondary N) is 1. The predicted octanol–water partition coefficient (Wildman–Crippen LogP) is 1.49. The molecule has 0 atom stereocenters. The standard InChI is InChI=1S/C11H17N5S/c1-2-16-5-3-8(4-6-16)14-11-9(7-12)10(13)15-17-11/h8,14H,2-6H2,1H3,(H2,13,15). The number of rotatable bonds is 3. The average Bonchev–Trinajstić information content (AvgIpc) is 2.71. The highest BCUT2D eigenvalue weighted by Gasteiger charge is 2.20. The highest BCUT2D eigenvalue weighted by Crippen LogP contribution is 2.27. The molecule has 1 aliphatic rings. The summed E-state index contributed by atoms with van der Waals surface area (Å²) in [7, 11) is 0. The van der Waals surface area contributed by atoms with E-state index in [1.54, 1.807) is 0 Å². The Labute approximate surface area is 105 Å². The molecule has 17 heavy (non-hydrogen) atoms. The van der Waals surface area contributed by atoms with Crippen molar-refractivity contribution in [3.05, 3.63) is 5.56 Å². The van der Waals surface area contributed by atoms with Crippen LogP contribution in [0.5, 0.6) is 0 Å². The van der Waals surface area contributed by atoms with E-state index in [2.05, 4.69) is 27.6 Å². The summed E-state index contributed by atoms with van der Waals surface area (Å²) in [5.74, 6) is 0.339. The van der Waals surface area contributed by atoms with Gasteiger partial charge in [-0.05, 0) is 30.9 Å². The molecule has 6 heteroatoms. The minimum Gasteiger partial charge on any atom is -0.382 e. The van der Waals surface area contributed by atoms with E-state index in [4.69, 9.17) is 11.0 Å². The highest BCUT2D eigenvalue weighted by molar-refractivity contribution is 7.10. The summed E-state index contributed by atoms with van der Waals surface area (Å²) in [6.07, 6.45) is 2.22. The molecule has 0 saturated carbocycles. The fraction of sp³-hybridized carbons (Fsp3) is 0.636. The van der Waals surface area contributed by atoms with Gasteiger partial charge >= 0.3 is 0 Å². The van der Waals surface area contributed by atoms with E-state index in [0.717, 1.165) is 37.5 Å². The summed E-state index contributed by atoms with van der Waals surface area (Å²) in [5.41, 5.74) is 6.12. The molecule has 2 rings (SSSR count). The Bertz CT molecular complexity index is 414. The normalized spacial score (nSPS) is 17.9. The summed E-state index contributed by atoms with van der Waals surface area (Å²) in [6, 6.07) is 2.54. The lowest BCUT2D eigenvalue weighted by molar-refractivity contribution is 0.230. The molecule has 0 spiro atoms. The number of piperidine rings is 1. The van der Waals surface area contributed by atoms with E-state index in [1.807, 2.05) is 0 Å². The van der Waals surface area contributed by atoms with Crippen molar-refractivity contribution in [2.45, 2.75) is 25.8 Å². The van der Waals surface area contributed by atoms with Crippen LogP contribution in [0.4, 0.5) is 10.8 Å². The Hall–Kier alpha value is -1.32. The Balaban J connectivity index is 1.96. The Morgan fingerprint density at radius 3 is 2.88 bits per heavy atom. The number of nitrogens with zero attached hydrogens (tertiary/aromatic N) is 3. The van der Waals surface area contributed by atoms with Crippen LogP contribution in [0.25, 0.3) is 0 Å². The van der Waals surface area contributed by atoms with Gasteiger partial charge in [0.05, 0.1) is 0 Å². The number of nitriles is 1. The van der Waals surface area contributed by atoms with Crippen LogP contribution >= 0.6 is 11.5 Å². The lowest BCUT2D eigenvalue weighted by atomic mass is 10.1. The lowest BCUT2D eigenvalue weighted by Gasteiger charge is -2.31. The van der Waals surface area contributed by atoms with Gasteiger partial charge in [0, 0.05) is 19.1 Å². The van der Waals surface area contributed by atoms with Crippen molar-refractivity contribution in [2.24, 2.45) is 0 Å². The van der Waals surface area contributed by atoms with Crippen LogP contribution in [0.15, 0.2) is 0 Å².